The van der Waals surface area contributed by atoms with Crippen molar-refractivity contribution in [3.8, 4) is 5.88 Å². The zero-order valence-corrected chi connectivity index (χ0v) is 13.3. The molecule has 0 radical (unpaired) electrons. The Morgan fingerprint density at radius 3 is 2.65 bits per heavy atom. The normalized spacial score (nSPS) is 17.6. The molecule has 0 atom stereocenters. The lowest BCUT2D eigenvalue weighted by Crippen LogP contribution is -2.37. The fraction of sp³-hybridized carbons (Fsp3) is 0.800. The molecule has 2 rings (SSSR count). The van der Waals surface area contributed by atoms with Gasteiger partial charge in [0.2, 0.25) is 5.88 Å². The molecule has 1 N–H and O–H groups in total. The Morgan fingerprint density at radius 1 is 1.35 bits per heavy atom. The number of nitrogens with zero attached hydrogens (tertiary/aromatic N) is 3. The average molecular weight is 280 g/mol. The average Bonchev–Trinajstić information content (AvgIpc) is 2.72. The first kappa shape index (κ1) is 15.3. The van der Waals surface area contributed by atoms with Crippen LogP contribution in [-0.4, -0.2) is 48.0 Å². The van der Waals surface area contributed by atoms with Gasteiger partial charge in [-0.25, -0.2) is 4.68 Å². The van der Waals surface area contributed by atoms with Crippen molar-refractivity contribution < 1.29 is 4.74 Å². The number of ether oxygens (including phenoxy) is 1. The van der Waals surface area contributed by atoms with Crippen molar-refractivity contribution in [3.63, 3.8) is 0 Å². The molecule has 1 saturated heterocycles. The second kappa shape index (κ2) is 7.09. The van der Waals surface area contributed by atoms with Crippen LogP contribution in [-0.2, 0) is 13.6 Å². The minimum atomic E-state index is 0.836. The van der Waals surface area contributed by atoms with Crippen LogP contribution >= 0.6 is 0 Å². The third-order valence-electron chi connectivity index (χ3n) is 4.25. The number of rotatable bonds is 6. The lowest BCUT2D eigenvalue weighted by molar-refractivity contribution is 0.174. The highest BCUT2D eigenvalue weighted by Gasteiger charge is 2.22. The molecule has 0 amide bonds. The molecule has 1 fully saturated rings. The molecule has 5 heteroatoms. The molecular weight excluding hydrogens is 252 g/mol. The Morgan fingerprint density at radius 2 is 2.05 bits per heavy atom. The third kappa shape index (κ3) is 3.52. The van der Waals surface area contributed by atoms with E-state index in [1.807, 2.05) is 11.7 Å². The van der Waals surface area contributed by atoms with Gasteiger partial charge in [-0.1, -0.05) is 6.92 Å². The summed E-state index contributed by atoms with van der Waals surface area (Å²) in [6.07, 6.45) is 2.57. The third-order valence-corrected chi connectivity index (χ3v) is 4.25. The van der Waals surface area contributed by atoms with E-state index < -0.39 is 0 Å². The van der Waals surface area contributed by atoms with Gasteiger partial charge in [-0.2, -0.15) is 5.10 Å². The maximum atomic E-state index is 5.48. The summed E-state index contributed by atoms with van der Waals surface area (Å²) < 4.78 is 7.31. The Hall–Kier alpha value is -1.07. The monoisotopic (exact) mass is 280 g/mol. The van der Waals surface area contributed by atoms with Gasteiger partial charge >= 0.3 is 0 Å². The molecule has 0 unspecified atom stereocenters. The van der Waals surface area contributed by atoms with Gasteiger partial charge in [0.15, 0.2) is 0 Å². The van der Waals surface area contributed by atoms with Crippen molar-refractivity contribution in [2.24, 2.45) is 13.0 Å². The number of nitrogens with one attached hydrogen (secondary N) is 1. The van der Waals surface area contributed by atoms with E-state index in [0.29, 0.717) is 0 Å². The van der Waals surface area contributed by atoms with Gasteiger partial charge in [0.1, 0.15) is 0 Å². The summed E-state index contributed by atoms with van der Waals surface area (Å²) in [5, 5.41) is 7.92. The molecule has 114 valence electrons. The second-order valence-electron chi connectivity index (χ2n) is 5.72. The van der Waals surface area contributed by atoms with E-state index in [1.165, 1.54) is 38.0 Å². The van der Waals surface area contributed by atoms with E-state index in [1.54, 1.807) is 7.11 Å². The van der Waals surface area contributed by atoms with Crippen molar-refractivity contribution in [1.29, 1.82) is 0 Å². The second-order valence-corrected chi connectivity index (χ2v) is 5.72. The van der Waals surface area contributed by atoms with Crippen LogP contribution in [0.2, 0.25) is 0 Å². The predicted octanol–water partition coefficient (Wildman–Crippen LogP) is 1.56. The van der Waals surface area contributed by atoms with E-state index >= 15 is 0 Å². The molecule has 0 bridgehead atoms. The van der Waals surface area contributed by atoms with Gasteiger partial charge in [-0.05, 0) is 51.9 Å². The topological polar surface area (TPSA) is 42.3 Å². The zero-order chi connectivity index (χ0) is 14.5. The van der Waals surface area contributed by atoms with Gasteiger partial charge in [-0.3, -0.25) is 4.90 Å². The van der Waals surface area contributed by atoms with Crippen molar-refractivity contribution in [3.05, 3.63) is 11.3 Å². The maximum absolute atomic E-state index is 5.48. The molecule has 0 spiro atoms. The number of hydrogen-bond donors (Lipinski definition) is 1. The van der Waals surface area contributed by atoms with Crippen LogP contribution in [0.25, 0.3) is 0 Å². The Labute approximate surface area is 122 Å². The highest BCUT2D eigenvalue weighted by molar-refractivity contribution is 5.30. The number of methoxy groups -OCH3 is 1. The summed E-state index contributed by atoms with van der Waals surface area (Å²) in [5.41, 5.74) is 2.32. The number of aryl methyl sites for hydroxylation is 2. The molecule has 0 saturated carbocycles. The van der Waals surface area contributed by atoms with Gasteiger partial charge in [-0.15, -0.1) is 0 Å². The van der Waals surface area contributed by atoms with Crippen LogP contribution in [0, 0.1) is 12.8 Å². The smallest absolute Gasteiger partial charge is 0.216 e. The summed E-state index contributed by atoms with van der Waals surface area (Å²) in [7, 11) is 3.67. The minimum absolute atomic E-state index is 0.836. The Balaban J connectivity index is 1.89. The van der Waals surface area contributed by atoms with E-state index in [0.717, 1.165) is 30.6 Å². The van der Waals surface area contributed by atoms with Crippen LogP contribution in [0.1, 0.15) is 31.0 Å². The summed E-state index contributed by atoms with van der Waals surface area (Å²) in [6.45, 7) is 9.78. The van der Waals surface area contributed by atoms with Gasteiger partial charge < -0.3 is 10.1 Å². The maximum Gasteiger partial charge on any atom is 0.216 e. The number of hydrogen-bond acceptors (Lipinski definition) is 4. The largest absolute Gasteiger partial charge is 0.481 e. The first-order valence-electron chi connectivity index (χ1n) is 7.65. The van der Waals surface area contributed by atoms with Gasteiger partial charge in [0, 0.05) is 13.6 Å². The first-order valence-corrected chi connectivity index (χ1v) is 7.65. The summed E-state index contributed by atoms with van der Waals surface area (Å²) in [5.74, 6) is 1.74. The standard InChI is InChI=1S/C15H28N4O/c1-5-16-10-13-6-8-19(9-7-13)11-14-12(2)17-18(3)15(14)20-4/h13,16H,5-11H2,1-4H3. The molecule has 2 heterocycles. The molecule has 20 heavy (non-hydrogen) atoms. The highest BCUT2D eigenvalue weighted by atomic mass is 16.5. The summed E-state index contributed by atoms with van der Waals surface area (Å²) >= 11 is 0. The first-order chi connectivity index (χ1) is 9.65. The van der Waals surface area contributed by atoms with Crippen molar-refractivity contribution >= 4 is 0 Å². The number of aromatic nitrogens is 2. The fourth-order valence-corrected chi connectivity index (χ4v) is 3.04. The zero-order valence-electron chi connectivity index (χ0n) is 13.3. The van der Waals surface area contributed by atoms with Crippen LogP contribution < -0.4 is 10.1 Å². The van der Waals surface area contributed by atoms with Gasteiger partial charge in [0.05, 0.1) is 18.4 Å². The van der Waals surface area contributed by atoms with E-state index in [9.17, 15) is 0 Å². The molecule has 5 nitrogen and oxygen atoms in total. The van der Waals surface area contributed by atoms with Gasteiger partial charge in [0.25, 0.3) is 0 Å². The van der Waals surface area contributed by atoms with Crippen LogP contribution in [0.15, 0.2) is 0 Å². The predicted molar refractivity (Wildman–Crippen MR) is 81.0 cm³/mol. The van der Waals surface area contributed by atoms with Crippen LogP contribution in [0.4, 0.5) is 0 Å². The SMILES string of the molecule is CCNCC1CCN(Cc2c(C)nn(C)c2OC)CC1. The fourth-order valence-electron chi connectivity index (χ4n) is 3.04. The molecule has 0 aromatic carbocycles. The van der Waals surface area contributed by atoms with Crippen molar-refractivity contribution in [2.75, 3.05) is 33.3 Å². The summed E-state index contributed by atoms with van der Waals surface area (Å²) in [4.78, 5) is 2.52. The van der Waals surface area contributed by atoms with E-state index in [-0.39, 0.29) is 0 Å². The number of likely N-dealkylation sites (tertiary alicyclic amines) is 1. The van der Waals surface area contributed by atoms with Crippen LogP contribution in [0.5, 0.6) is 5.88 Å². The molecule has 0 aliphatic carbocycles. The van der Waals surface area contributed by atoms with Crippen molar-refractivity contribution in [1.82, 2.24) is 20.0 Å². The molecule has 1 aromatic heterocycles. The van der Waals surface area contributed by atoms with E-state index in [4.69, 9.17) is 4.74 Å². The highest BCUT2D eigenvalue weighted by Crippen LogP contribution is 2.25. The Kier molecular flexibility index (Phi) is 5.43. The lowest BCUT2D eigenvalue weighted by Gasteiger charge is -2.32. The quantitative estimate of drug-likeness (QED) is 0.859. The van der Waals surface area contributed by atoms with Crippen molar-refractivity contribution in [2.45, 2.75) is 33.2 Å². The van der Waals surface area contributed by atoms with E-state index in [2.05, 4.69) is 29.2 Å². The summed E-state index contributed by atoms with van der Waals surface area (Å²) in [6, 6.07) is 0. The molecule has 1 aromatic rings. The number of piperidine rings is 1. The minimum Gasteiger partial charge on any atom is -0.481 e. The molecule has 1 aliphatic rings. The Bertz CT molecular complexity index is 422. The molecule has 1 aliphatic heterocycles. The van der Waals surface area contributed by atoms with Crippen LogP contribution in [0.3, 0.4) is 0 Å². The lowest BCUT2D eigenvalue weighted by atomic mass is 9.96. The molecular formula is C15H28N4O.